The topological polar surface area (TPSA) is 55.6 Å². The molecule has 0 saturated heterocycles. The number of aromatic nitrogens is 1. The molecule has 0 saturated carbocycles. The Labute approximate surface area is 162 Å². The first-order valence-corrected chi connectivity index (χ1v) is 8.89. The number of carbonyl (C=O) groups is 1. The van der Waals surface area contributed by atoms with Gasteiger partial charge in [0, 0.05) is 11.9 Å². The second-order valence-corrected chi connectivity index (χ2v) is 6.24. The maximum atomic E-state index is 12.6. The second-order valence-electron chi connectivity index (χ2n) is 6.24. The Morgan fingerprint density at radius 1 is 0.964 bits per heavy atom. The molecule has 0 unspecified atom stereocenters. The van der Waals surface area contributed by atoms with Gasteiger partial charge in [0.1, 0.15) is 5.75 Å². The molecule has 0 radical (unpaired) electrons. The summed E-state index contributed by atoms with van der Waals surface area (Å²) >= 11 is 0. The van der Waals surface area contributed by atoms with E-state index in [4.69, 9.17) is 4.74 Å². The van der Waals surface area contributed by atoms with Crippen LogP contribution in [0, 0.1) is 0 Å². The van der Waals surface area contributed by atoms with E-state index in [9.17, 15) is 4.79 Å². The molecule has 1 N–H and O–H groups in total. The SMILES string of the molecule is COc1cc2ccccc2cc1C(=O)N/N=C\c1cccn1-c1ccccc1. The van der Waals surface area contributed by atoms with Crippen LogP contribution in [-0.2, 0) is 0 Å². The summed E-state index contributed by atoms with van der Waals surface area (Å²) in [4.78, 5) is 12.6. The van der Waals surface area contributed by atoms with E-state index < -0.39 is 0 Å². The minimum absolute atomic E-state index is 0.323. The Hall–Kier alpha value is -3.86. The molecule has 0 atom stereocenters. The number of para-hydroxylation sites is 1. The molecule has 0 spiro atoms. The predicted molar refractivity (Wildman–Crippen MR) is 111 cm³/mol. The Bertz CT molecular complexity index is 1150. The van der Waals surface area contributed by atoms with Gasteiger partial charge in [0.05, 0.1) is 24.6 Å². The number of hydrazone groups is 1. The van der Waals surface area contributed by atoms with E-state index >= 15 is 0 Å². The Morgan fingerprint density at radius 2 is 1.68 bits per heavy atom. The third kappa shape index (κ3) is 3.50. The average molecular weight is 369 g/mol. The number of benzene rings is 3. The Morgan fingerprint density at radius 3 is 2.43 bits per heavy atom. The van der Waals surface area contributed by atoms with Crippen molar-refractivity contribution in [3.05, 3.63) is 96.3 Å². The molecule has 0 bridgehead atoms. The summed E-state index contributed by atoms with van der Waals surface area (Å²) in [6.07, 6.45) is 3.57. The number of carbonyl (C=O) groups excluding carboxylic acids is 1. The first-order valence-electron chi connectivity index (χ1n) is 8.89. The number of ether oxygens (including phenoxy) is 1. The van der Waals surface area contributed by atoms with Gasteiger partial charge >= 0.3 is 0 Å². The fourth-order valence-corrected chi connectivity index (χ4v) is 3.11. The monoisotopic (exact) mass is 369 g/mol. The van der Waals surface area contributed by atoms with Gasteiger partial charge in [-0.05, 0) is 47.2 Å². The molecule has 4 rings (SSSR count). The van der Waals surface area contributed by atoms with Gasteiger partial charge in [-0.1, -0.05) is 42.5 Å². The van der Waals surface area contributed by atoms with Crippen molar-refractivity contribution in [3.8, 4) is 11.4 Å². The highest BCUT2D eigenvalue weighted by Gasteiger charge is 2.13. The number of hydrogen-bond acceptors (Lipinski definition) is 3. The lowest BCUT2D eigenvalue weighted by molar-refractivity contribution is 0.0952. The Kier molecular flexibility index (Phi) is 4.89. The van der Waals surface area contributed by atoms with Gasteiger partial charge < -0.3 is 9.30 Å². The van der Waals surface area contributed by atoms with E-state index in [0.29, 0.717) is 11.3 Å². The molecule has 0 fully saturated rings. The molecular weight excluding hydrogens is 350 g/mol. The zero-order valence-electron chi connectivity index (χ0n) is 15.4. The number of hydrogen-bond donors (Lipinski definition) is 1. The first kappa shape index (κ1) is 17.5. The van der Waals surface area contributed by atoms with Gasteiger partial charge in [-0.15, -0.1) is 0 Å². The van der Waals surface area contributed by atoms with Crippen LogP contribution in [0.1, 0.15) is 16.1 Å². The van der Waals surface area contributed by atoms with E-state index in [1.165, 1.54) is 0 Å². The third-order valence-corrected chi connectivity index (χ3v) is 4.49. The second kappa shape index (κ2) is 7.80. The number of rotatable bonds is 5. The fourth-order valence-electron chi connectivity index (χ4n) is 3.11. The molecule has 1 heterocycles. The molecule has 5 nitrogen and oxygen atoms in total. The molecule has 0 aliphatic carbocycles. The lowest BCUT2D eigenvalue weighted by Crippen LogP contribution is -2.18. The highest BCUT2D eigenvalue weighted by Crippen LogP contribution is 2.25. The van der Waals surface area contributed by atoms with Crippen LogP contribution < -0.4 is 10.2 Å². The van der Waals surface area contributed by atoms with Gasteiger partial charge in [0.2, 0.25) is 0 Å². The van der Waals surface area contributed by atoms with E-state index in [0.717, 1.165) is 22.2 Å². The highest BCUT2D eigenvalue weighted by atomic mass is 16.5. The van der Waals surface area contributed by atoms with Gasteiger partial charge in [0.25, 0.3) is 5.91 Å². The standard InChI is InChI=1S/C23H19N3O2/c1-28-22-15-18-9-6-5-8-17(18)14-21(22)23(27)25-24-16-20-12-7-13-26(20)19-10-3-2-4-11-19/h2-16H,1H3,(H,25,27)/b24-16-. The van der Waals surface area contributed by atoms with Crippen molar-refractivity contribution >= 4 is 22.9 Å². The van der Waals surface area contributed by atoms with E-state index in [2.05, 4.69) is 10.5 Å². The summed E-state index contributed by atoms with van der Waals surface area (Å²) in [6.45, 7) is 0. The molecule has 3 aromatic carbocycles. The van der Waals surface area contributed by atoms with E-state index in [1.807, 2.05) is 89.6 Å². The van der Waals surface area contributed by atoms with Crippen LogP contribution >= 0.6 is 0 Å². The first-order chi connectivity index (χ1) is 13.8. The van der Waals surface area contributed by atoms with Crippen molar-refractivity contribution in [1.29, 1.82) is 0 Å². The van der Waals surface area contributed by atoms with Crippen molar-refractivity contribution in [1.82, 2.24) is 9.99 Å². The van der Waals surface area contributed by atoms with Crippen molar-refractivity contribution in [2.24, 2.45) is 5.10 Å². The minimum atomic E-state index is -0.323. The maximum absolute atomic E-state index is 12.6. The summed E-state index contributed by atoms with van der Waals surface area (Å²) in [6, 6.07) is 25.3. The predicted octanol–water partition coefficient (Wildman–Crippen LogP) is 4.40. The van der Waals surface area contributed by atoms with Crippen LogP contribution in [-0.4, -0.2) is 23.8 Å². The van der Waals surface area contributed by atoms with Gasteiger partial charge in [-0.2, -0.15) is 5.10 Å². The van der Waals surface area contributed by atoms with Crippen molar-refractivity contribution < 1.29 is 9.53 Å². The summed E-state index contributed by atoms with van der Waals surface area (Å²) < 4.78 is 7.38. The smallest absolute Gasteiger partial charge is 0.275 e. The van der Waals surface area contributed by atoms with Crippen LogP contribution in [0.2, 0.25) is 0 Å². The lowest BCUT2D eigenvalue weighted by atomic mass is 10.1. The van der Waals surface area contributed by atoms with Crippen LogP contribution in [0.15, 0.2) is 90.2 Å². The van der Waals surface area contributed by atoms with Crippen LogP contribution in [0.25, 0.3) is 16.5 Å². The van der Waals surface area contributed by atoms with Gasteiger partial charge in [-0.3, -0.25) is 4.79 Å². The zero-order valence-corrected chi connectivity index (χ0v) is 15.4. The van der Waals surface area contributed by atoms with Crippen molar-refractivity contribution in [2.75, 3.05) is 7.11 Å². The Balaban J connectivity index is 1.56. The number of amides is 1. The minimum Gasteiger partial charge on any atom is -0.496 e. The molecule has 0 aliphatic heterocycles. The zero-order chi connectivity index (χ0) is 19.3. The third-order valence-electron chi connectivity index (χ3n) is 4.49. The number of nitrogens with zero attached hydrogens (tertiary/aromatic N) is 2. The van der Waals surface area contributed by atoms with Crippen LogP contribution in [0.3, 0.4) is 0 Å². The lowest BCUT2D eigenvalue weighted by Gasteiger charge is -2.09. The molecule has 4 aromatic rings. The fraction of sp³-hybridized carbons (Fsp3) is 0.0435. The van der Waals surface area contributed by atoms with Crippen LogP contribution in [0.5, 0.6) is 5.75 Å². The molecule has 28 heavy (non-hydrogen) atoms. The number of nitrogens with one attached hydrogen (secondary N) is 1. The number of fused-ring (bicyclic) bond motifs is 1. The van der Waals surface area contributed by atoms with Crippen molar-refractivity contribution in [2.45, 2.75) is 0 Å². The van der Waals surface area contributed by atoms with Crippen LogP contribution in [0.4, 0.5) is 0 Å². The molecule has 0 aliphatic rings. The van der Waals surface area contributed by atoms with Gasteiger partial charge in [-0.25, -0.2) is 5.43 Å². The number of methoxy groups -OCH3 is 1. The molecule has 5 heteroatoms. The average Bonchev–Trinajstić information content (AvgIpc) is 3.21. The molecule has 138 valence electrons. The summed E-state index contributed by atoms with van der Waals surface area (Å²) in [5.74, 6) is 0.190. The highest BCUT2D eigenvalue weighted by molar-refractivity contribution is 6.01. The maximum Gasteiger partial charge on any atom is 0.275 e. The molecular formula is C23H19N3O2. The molecule has 1 amide bonds. The normalized spacial score (nSPS) is 11.0. The molecule has 1 aromatic heterocycles. The quantitative estimate of drug-likeness (QED) is 0.419. The largest absolute Gasteiger partial charge is 0.496 e. The summed E-state index contributed by atoms with van der Waals surface area (Å²) in [5.41, 5.74) is 4.92. The van der Waals surface area contributed by atoms with E-state index in [-0.39, 0.29) is 5.91 Å². The van der Waals surface area contributed by atoms with Gasteiger partial charge in [0.15, 0.2) is 0 Å². The summed E-state index contributed by atoms with van der Waals surface area (Å²) in [7, 11) is 1.55. The summed E-state index contributed by atoms with van der Waals surface area (Å²) in [5, 5.41) is 6.11. The van der Waals surface area contributed by atoms with E-state index in [1.54, 1.807) is 13.3 Å². The van der Waals surface area contributed by atoms with Crippen molar-refractivity contribution in [3.63, 3.8) is 0 Å².